The lowest BCUT2D eigenvalue weighted by Gasteiger charge is -2.11. The van der Waals surface area contributed by atoms with Gasteiger partial charge in [0.1, 0.15) is 5.82 Å². The SMILES string of the molecule is Cc1ccc(-c2n[nH]c3ccc(-c4n[nH]c(CN5CCCC5)n4)cc23)cc1. The lowest BCUT2D eigenvalue weighted by atomic mass is 10.0. The van der Waals surface area contributed by atoms with Gasteiger partial charge in [-0.15, -0.1) is 0 Å². The lowest BCUT2D eigenvalue weighted by Crippen LogP contribution is -2.19. The minimum Gasteiger partial charge on any atom is -0.296 e. The van der Waals surface area contributed by atoms with Crippen molar-refractivity contribution in [2.45, 2.75) is 26.3 Å². The van der Waals surface area contributed by atoms with Crippen molar-refractivity contribution in [3.8, 4) is 22.6 Å². The Balaban J connectivity index is 1.48. The highest BCUT2D eigenvalue weighted by Crippen LogP contribution is 2.29. The molecule has 2 aromatic heterocycles. The standard InChI is InChI=1S/C21H22N6/c1-14-4-6-15(7-5-14)20-17-12-16(8-9-18(17)23-25-20)21-22-19(24-26-21)13-27-10-2-3-11-27/h4-9,12H,2-3,10-11,13H2,1H3,(H,23,25)(H,22,24,26). The van der Waals surface area contributed by atoms with Crippen LogP contribution in [0, 0.1) is 6.92 Å². The molecule has 27 heavy (non-hydrogen) atoms. The first-order chi connectivity index (χ1) is 13.3. The van der Waals surface area contributed by atoms with Crippen molar-refractivity contribution in [1.29, 1.82) is 0 Å². The molecule has 0 spiro atoms. The zero-order valence-electron chi connectivity index (χ0n) is 15.4. The van der Waals surface area contributed by atoms with Gasteiger partial charge < -0.3 is 0 Å². The minimum atomic E-state index is 0.738. The molecule has 5 rings (SSSR count). The third-order valence-corrected chi connectivity index (χ3v) is 5.25. The molecule has 0 bridgehead atoms. The molecule has 0 atom stereocenters. The molecule has 6 heteroatoms. The maximum Gasteiger partial charge on any atom is 0.181 e. The van der Waals surface area contributed by atoms with E-state index in [9.17, 15) is 0 Å². The van der Waals surface area contributed by atoms with E-state index >= 15 is 0 Å². The van der Waals surface area contributed by atoms with Crippen molar-refractivity contribution in [3.05, 3.63) is 53.9 Å². The molecule has 6 nitrogen and oxygen atoms in total. The van der Waals surface area contributed by atoms with Gasteiger partial charge in [0.15, 0.2) is 5.82 Å². The van der Waals surface area contributed by atoms with Crippen LogP contribution < -0.4 is 0 Å². The number of fused-ring (bicyclic) bond motifs is 1. The van der Waals surface area contributed by atoms with Gasteiger partial charge in [0.25, 0.3) is 0 Å². The van der Waals surface area contributed by atoms with E-state index in [2.05, 4.69) is 62.6 Å². The zero-order valence-corrected chi connectivity index (χ0v) is 15.4. The van der Waals surface area contributed by atoms with Crippen molar-refractivity contribution in [2.24, 2.45) is 0 Å². The van der Waals surface area contributed by atoms with E-state index in [4.69, 9.17) is 4.98 Å². The van der Waals surface area contributed by atoms with Crippen molar-refractivity contribution in [1.82, 2.24) is 30.3 Å². The Morgan fingerprint density at radius 2 is 1.70 bits per heavy atom. The number of likely N-dealkylation sites (tertiary alicyclic amines) is 1. The topological polar surface area (TPSA) is 73.5 Å². The van der Waals surface area contributed by atoms with Gasteiger partial charge in [-0.2, -0.15) is 10.2 Å². The monoisotopic (exact) mass is 358 g/mol. The summed E-state index contributed by atoms with van der Waals surface area (Å²) in [6.07, 6.45) is 2.56. The summed E-state index contributed by atoms with van der Waals surface area (Å²) in [5, 5.41) is 16.3. The molecule has 2 N–H and O–H groups in total. The molecular formula is C21H22N6. The molecule has 1 saturated heterocycles. The highest BCUT2D eigenvalue weighted by Gasteiger charge is 2.15. The first kappa shape index (κ1) is 16.2. The molecule has 1 aliphatic rings. The van der Waals surface area contributed by atoms with E-state index < -0.39 is 0 Å². The quantitative estimate of drug-likeness (QED) is 0.580. The second-order valence-corrected chi connectivity index (χ2v) is 7.29. The number of aromatic nitrogens is 5. The van der Waals surface area contributed by atoms with E-state index in [1.54, 1.807) is 0 Å². The number of hydrogen-bond donors (Lipinski definition) is 2. The van der Waals surface area contributed by atoms with E-state index in [0.29, 0.717) is 0 Å². The van der Waals surface area contributed by atoms with Crippen LogP contribution in [0.1, 0.15) is 24.2 Å². The highest BCUT2D eigenvalue weighted by molar-refractivity contribution is 5.95. The maximum atomic E-state index is 4.71. The van der Waals surface area contributed by atoms with Crippen LogP contribution in [0.2, 0.25) is 0 Å². The molecule has 1 fully saturated rings. The summed E-state index contributed by atoms with van der Waals surface area (Å²) in [6.45, 7) is 5.23. The Hall–Kier alpha value is -2.99. The average Bonchev–Trinajstić information content (AvgIpc) is 3.43. The lowest BCUT2D eigenvalue weighted by molar-refractivity contribution is 0.323. The number of nitrogens with one attached hydrogen (secondary N) is 2. The van der Waals surface area contributed by atoms with Gasteiger partial charge in [-0.25, -0.2) is 4.98 Å². The molecule has 0 unspecified atom stereocenters. The number of hydrogen-bond acceptors (Lipinski definition) is 4. The van der Waals surface area contributed by atoms with Gasteiger partial charge >= 0.3 is 0 Å². The molecule has 0 radical (unpaired) electrons. The van der Waals surface area contributed by atoms with E-state index in [-0.39, 0.29) is 0 Å². The largest absolute Gasteiger partial charge is 0.296 e. The molecule has 3 heterocycles. The summed E-state index contributed by atoms with van der Waals surface area (Å²) in [4.78, 5) is 7.13. The number of H-pyrrole nitrogens is 2. The number of aryl methyl sites for hydroxylation is 1. The van der Waals surface area contributed by atoms with Crippen LogP contribution in [-0.4, -0.2) is 43.4 Å². The van der Waals surface area contributed by atoms with Crippen molar-refractivity contribution in [3.63, 3.8) is 0 Å². The summed E-state index contributed by atoms with van der Waals surface area (Å²) < 4.78 is 0. The smallest absolute Gasteiger partial charge is 0.181 e. The van der Waals surface area contributed by atoms with Gasteiger partial charge in [-0.1, -0.05) is 29.8 Å². The fraction of sp³-hybridized carbons (Fsp3) is 0.286. The predicted octanol–water partition coefficient (Wildman–Crippen LogP) is 3.92. The second kappa shape index (κ2) is 6.63. The molecule has 1 aliphatic heterocycles. The van der Waals surface area contributed by atoms with Gasteiger partial charge in [0, 0.05) is 16.5 Å². The second-order valence-electron chi connectivity index (χ2n) is 7.29. The Labute approximate surface area is 157 Å². The van der Waals surface area contributed by atoms with E-state index in [0.717, 1.165) is 59.0 Å². The van der Waals surface area contributed by atoms with Crippen molar-refractivity contribution >= 4 is 10.9 Å². The summed E-state index contributed by atoms with van der Waals surface area (Å²) in [7, 11) is 0. The number of rotatable bonds is 4. The first-order valence-electron chi connectivity index (χ1n) is 9.45. The summed E-state index contributed by atoms with van der Waals surface area (Å²) in [5.41, 5.74) is 5.32. The fourth-order valence-corrected chi connectivity index (χ4v) is 3.73. The van der Waals surface area contributed by atoms with Gasteiger partial charge in [0.05, 0.1) is 17.8 Å². The molecule has 4 aromatic rings. The van der Waals surface area contributed by atoms with Crippen LogP contribution in [-0.2, 0) is 6.54 Å². The van der Waals surface area contributed by atoms with Crippen LogP contribution in [0.4, 0.5) is 0 Å². The number of benzene rings is 2. The molecule has 2 aromatic carbocycles. The van der Waals surface area contributed by atoms with Crippen LogP contribution in [0.15, 0.2) is 42.5 Å². The third kappa shape index (κ3) is 3.13. The summed E-state index contributed by atoms with van der Waals surface area (Å²) >= 11 is 0. The molecule has 0 aliphatic carbocycles. The Kier molecular flexibility index (Phi) is 3.98. The third-order valence-electron chi connectivity index (χ3n) is 5.25. The zero-order chi connectivity index (χ0) is 18.2. The van der Waals surface area contributed by atoms with Crippen LogP contribution in [0.25, 0.3) is 33.5 Å². The summed E-state index contributed by atoms with van der Waals surface area (Å²) in [5.74, 6) is 1.67. The molecule has 0 amide bonds. The number of nitrogens with zero attached hydrogens (tertiary/aromatic N) is 4. The van der Waals surface area contributed by atoms with Gasteiger partial charge in [-0.05, 0) is 51.1 Å². The van der Waals surface area contributed by atoms with Gasteiger partial charge in [-0.3, -0.25) is 15.1 Å². The predicted molar refractivity (Wildman–Crippen MR) is 106 cm³/mol. The Bertz CT molecular complexity index is 1070. The minimum absolute atomic E-state index is 0.738. The molecular weight excluding hydrogens is 336 g/mol. The first-order valence-corrected chi connectivity index (χ1v) is 9.45. The normalized spacial score (nSPS) is 15.0. The highest BCUT2D eigenvalue weighted by atomic mass is 15.3. The maximum absolute atomic E-state index is 4.71. The van der Waals surface area contributed by atoms with Crippen molar-refractivity contribution in [2.75, 3.05) is 13.1 Å². The van der Waals surface area contributed by atoms with E-state index in [1.807, 2.05) is 12.1 Å². The molecule has 0 saturated carbocycles. The Morgan fingerprint density at radius 1 is 0.926 bits per heavy atom. The van der Waals surface area contributed by atoms with Crippen molar-refractivity contribution < 1.29 is 0 Å². The van der Waals surface area contributed by atoms with Crippen LogP contribution in [0.5, 0.6) is 0 Å². The van der Waals surface area contributed by atoms with Gasteiger partial charge in [0.2, 0.25) is 0 Å². The summed E-state index contributed by atoms with van der Waals surface area (Å²) in [6, 6.07) is 14.7. The molecule has 136 valence electrons. The van der Waals surface area contributed by atoms with Crippen LogP contribution >= 0.6 is 0 Å². The average molecular weight is 358 g/mol. The van der Waals surface area contributed by atoms with E-state index in [1.165, 1.54) is 18.4 Å². The van der Waals surface area contributed by atoms with Crippen LogP contribution in [0.3, 0.4) is 0 Å². The Morgan fingerprint density at radius 3 is 2.52 bits per heavy atom. The fourth-order valence-electron chi connectivity index (χ4n) is 3.73. The number of aromatic amines is 2.